The lowest BCUT2D eigenvalue weighted by Crippen LogP contribution is -2.63. The maximum Gasteiger partial charge on any atom is 0.252 e. The van der Waals surface area contributed by atoms with Crippen LogP contribution < -0.4 is 14.2 Å². The third kappa shape index (κ3) is 1.73. The summed E-state index contributed by atoms with van der Waals surface area (Å²) < 4.78 is 27.8. The number of ketones is 2. The van der Waals surface area contributed by atoms with Crippen molar-refractivity contribution >= 4 is 23.2 Å². The fourth-order valence-electron chi connectivity index (χ4n) is 4.06. The molecule has 1 spiro atoms. The van der Waals surface area contributed by atoms with Crippen molar-refractivity contribution in [3.8, 4) is 17.2 Å². The molecule has 2 fully saturated rings. The highest BCUT2D eigenvalue weighted by Crippen LogP contribution is 2.62. The molecule has 1 aromatic rings. The molecule has 0 bridgehead atoms. The zero-order valence-corrected chi connectivity index (χ0v) is 14.9. The molecule has 0 amide bonds. The molecule has 1 saturated heterocycles. The summed E-state index contributed by atoms with van der Waals surface area (Å²) in [6, 6.07) is 1.53. The molecular formula is C17H17ClO7. The second-order valence-electron chi connectivity index (χ2n) is 6.41. The lowest BCUT2D eigenvalue weighted by molar-refractivity contribution is -0.154. The summed E-state index contributed by atoms with van der Waals surface area (Å²) in [5.74, 6) is -1.62. The summed E-state index contributed by atoms with van der Waals surface area (Å²) in [5.41, 5.74) is -1.29. The molecule has 1 aromatic carbocycles. The number of epoxide rings is 1. The van der Waals surface area contributed by atoms with Crippen LogP contribution in [0.25, 0.3) is 0 Å². The van der Waals surface area contributed by atoms with Gasteiger partial charge in [0, 0.05) is 25.5 Å². The predicted octanol–water partition coefficient (Wildman–Crippen LogP) is 2.02. The molecule has 134 valence electrons. The van der Waals surface area contributed by atoms with Crippen LogP contribution in [-0.4, -0.2) is 50.4 Å². The Morgan fingerprint density at radius 1 is 1.20 bits per heavy atom. The molecule has 2 aliphatic heterocycles. The molecule has 7 nitrogen and oxygen atoms in total. The molecule has 4 atom stereocenters. The first-order valence-corrected chi connectivity index (χ1v) is 8.19. The van der Waals surface area contributed by atoms with Gasteiger partial charge in [0.1, 0.15) is 22.1 Å². The molecular weight excluding hydrogens is 352 g/mol. The molecule has 1 aliphatic carbocycles. The van der Waals surface area contributed by atoms with Crippen molar-refractivity contribution in [2.24, 2.45) is 5.92 Å². The van der Waals surface area contributed by atoms with Gasteiger partial charge in [-0.2, -0.15) is 0 Å². The van der Waals surface area contributed by atoms with Crippen molar-refractivity contribution in [2.75, 3.05) is 21.3 Å². The molecule has 2 unspecified atom stereocenters. The highest BCUT2D eigenvalue weighted by molar-refractivity contribution is 6.35. The Kier molecular flexibility index (Phi) is 3.39. The summed E-state index contributed by atoms with van der Waals surface area (Å²) in [6.07, 6.45) is -0.675. The average molecular weight is 369 g/mol. The standard InChI is InChI=1S/C17H17ClO7/c1-7-5-8(19)15-17(23-4,25-15)16(7)14(20)11-9(21-2)6-10(22-3)12(18)13(11)24-16/h6-7,15H,5H2,1-4H3/t7-,15?,16-,17?/m1/s1. The molecule has 8 heteroatoms. The van der Waals surface area contributed by atoms with Crippen molar-refractivity contribution in [3.63, 3.8) is 0 Å². The highest BCUT2D eigenvalue weighted by Gasteiger charge is 2.83. The van der Waals surface area contributed by atoms with E-state index in [1.54, 1.807) is 6.92 Å². The minimum Gasteiger partial charge on any atom is -0.496 e. The molecule has 4 rings (SSSR count). The van der Waals surface area contributed by atoms with Crippen molar-refractivity contribution < 1.29 is 33.3 Å². The summed E-state index contributed by atoms with van der Waals surface area (Å²) >= 11 is 6.37. The van der Waals surface area contributed by atoms with Crippen LogP contribution in [0.1, 0.15) is 23.7 Å². The maximum absolute atomic E-state index is 13.4. The second-order valence-corrected chi connectivity index (χ2v) is 6.78. The molecule has 2 heterocycles. The number of carbonyl (C=O) groups is 2. The van der Waals surface area contributed by atoms with Gasteiger partial charge in [0.2, 0.25) is 11.4 Å². The van der Waals surface area contributed by atoms with E-state index >= 15 is 0 Å². The Morgan fingerprint density at radius 3 is 2.48 bits per heavy atom. The van der Waals surface area contributed by atoms with E-state index in [1.165, 1.54) is 27.4 Å². The molecule has 1 saturated carbocycles. The van der Waals surface area contributed by atoms with Crippen LogP contribution in [0, 0.1) is 5.92 Å². The Morgan fingerprint density at radius 2 is 1.88 bits per heavy atom. The topological polar surface area (TPSA) is 83.6 Å². The number of ether oxygens (including phenoxy) is 5. The third-order valence-corrected chi connectivity index (χ3v) is 5.67. The van der Waals surface area contributed by atoms with E-state index in [9.17, 15) is 9.59 Å². The van der Waals surface area contributed by atoms with Crippen LogP contribution in [0.2, 0.25) is 5.02 Å². The predicted molar refractivity (Wildman–Crippen MR) is 85.6 cm³/mol. The SMILES string of the molecule is COc1cc(OC)c2c(c1Cl)O[C@@]1(C2=O)[C@H](C)CC(=O)C2OC21OC. The largest absolute Gasteiger partial charge is 0.496 e. The summed E-state index contributed by atoms with van der Waals surface area (Å²) in [4.78, 5) is 25.6. The third-order valence-electron chi connectivity index (χ3n) is 5.31. The van der Waals surface area contributed by atoms with Gasteiger partial charge in [-0.3, -0.25) is 9.59 Å². The monoisotopic (exact) mass is 368 g/mol. The van der Waals surface area contributed by atoms with Gasteiger partial charge in [-0.05, 0) is 0 Å². The van der Waals surface area contributed by atoms with Gasteiger partial charge in [-0.15, -0.1) is 0 Å². The fraction of sp³-hybridized carbons (Fsp3) is 0.529. The van der Waals surface area contributed by atoms with E-state index in [0.717, 1.165) is 0 Å². The van der Waals surface area contributed by atoms with Gasteiger partial charge in [0.05, 0.1) is 14.2 Å². The van der Waals surface area contributed by atoms with Crippen LogP contribution in [0.4, 0.5) is 0 Å². The fourth-order valence-corrected chi connectivity index (χ4v) is 4.32. The molecule has 0 N–H and O–H groups in total. The Balaban J connectivity index is 1.94. The number of hydrogen-bond donors (Lipinski definition) is 0. The minimum atomic E-state index is -1.49. The number of rotatable bonds is 3. The van der Waals surface area contributed by atoms with Crippen LogP contribution >= 0.6 is 11.6 Å². The molecule has 25 heavy (non-hydrogen) atoms. The van der Waals surface area contributed by atoms with Crippen molar-refractivity contribution in [3.05, 3.63) is 16.7 Å². The van der Waals surface area contributed by atoms with Gasteiger partial charge in [0.15, 0.2) is 17.6 Å². The lowest BCUT2D eigenvalue weighted by Gasteiger charge is -2.39. The van der Waals surface area contributed by atoms with Gasteiger partial charge >= 0.3 is 0 Å². The molecule has 0 radical (unpaired) electrons. The number of methoxy groups -OCH3 is 3. The van der Waals surface area contributed by atoms with Crippen molar-refractivity contribution in [1.82, 2.24) is 0 Å². The number of benzene rings is 1. The Hall–Kier alpha value is -1.83. The zero-order chi connectivity index (χ0) is 18.1. The van der Waals surface area contributed by atoms with Crippen LogP contribution in [0.5, 0.6) is 17.2 Å². The van der Waals surface area contributed by atoms with Crippen molar-refractivity contribution in [1.29, 1.82) is 0 Å². The Labute approximate surface area is 149 Å². The number of carbonyl (C=O) groups excluding carboxylic acids is 2. The highest BCUT2D eigenvalue weighted by atomic mass is 35.5. The smallest absolute Gasteiger partial charge is 0.252 e. The second kappa shape index (κ2) is 5.09. The van der Waals surface area contributed by atoms with E-state index in [-0.39, 0.29) is 40.1 Å². The normalized spacial score (nSPS) is 35.2. The number of hydrogen-bond acceptors (Lipinski definition) is 7. The lowest BCUT2D eigenvalue weighted by atomic mass is 9.70. The number of halogens is 1. The maximum atomic E-state index is 13.4. The first-order valence-electron chi connectivity index (χ1n) is 7.81. The van der Waals surface area contributed by atoms with Crippen LogP contribution in [0.3, 0.4) is 0 Å². The summed E-state index contributed by atoms with van der Waals surface area (Å²) in [6.45, 7) is 1.76. The quantitative estimate of drug-likeness (QED) is 0.754. The van der Waals surface area contributed by atoms with E-state index in [4.69, 9.17) is 35.3 Å². The van der Waals surface area contributed by atoms with Gasteiger partial charge < -0.3 is 23.7 Å². The Bertz CT molecular complexity index is 807. The minimum absolute atomic E-state index is 0.108. The summed E-state index contributed by atoms with van der Waals surface area (Å²) in [5, 5.41) is 0.163. The number of Topliss-reactive ketones (excluding diaryl/α,β-unsaturated/α-hetero) is 2. The first kappa shape index (κ1) is 16.6. The van der Waals surface area contributed by atoms with E-state index in [2.05, 4.69) is 0 Å². The van der Waals surface area contributed by atoms with Gasteiger partial charge in [0.25, 0.3) is 5.79 Å². The van der Waals surface area contributed by atoms with Crippen molar-refractivity contribution in [2.45, 2.75) is 30.8 Å². The van der Waals surface area contributed by atoms with E-state index in [1.807, 2.05) is 0 Å². The van der Waals surface area contributed by atoms with Gasteiger partial charge in [-0.1, -0.05) is 18.5 Å². The molecule has 0 aromatic heterocycles. The van der Waals surface area contributed by atoms with E-state index in [0.29, 0.717) is 5.75 Å². The summed E-state index contributed by atoms with van der Waals surface area (Å²) in [7, 11) is 4.29. The van der Waals surface area contributed by atoms with Crippen LogP contribution in [0.15, 0.2) is 6.07 Å². The zero-order valence-electron chi connectivity index (χ0n) is 14.2. The average Bonchev–Trinajstić information content (AvgIpc) is 3.28. The van der Waals surface area contributed by atoms with Gasteiger partial charge in [-0.25, -0.2) is 0 Å². The number of fused-ring (bicyclic) bond motifs is 3. The first-order chi connectivity index (χ1) is 11.9. The van der Waals surface area contributed by atoms with Crippen LogP contribution in [-0.2, 0) is 14.3 Å². The van der Waals surface area contributed by atoms with E-state index < -0.39 is 23.4 Å². The molecule has 3 aliphatic rings.